The third kappa shape index (κ3) is 18.2. The molecule has 28 nitrogen and oxygen atoms in total. The molecule has 0 saturated carbocycles. The molecular weight excluding hydrogens is 1290 g/mol. The Morgan fingerprint density at radius 1 is 0.653 bits per heavy atom. The van der Waals surface area contributed by atoms with Crippen LogP contribution in [0.25, 0.3) is 0 Å². The highest BCUT2D eigenvalue weighted by molar-refractivity contribution is 7.80. The molecule has 9 amide bonds. The van der Waals surface area contributed by atoms with Gasteiger partial charge in [-0.05, 0) is 149 Å². The molecule has 7 atom stereocenters. The van der Waals surface area contributed by atoms with Crippen LogP contribution in [0.15, 0.2) is 103 Å². The Morgan fingerprint density at radius 3 is 1.90 bits per heavy atom. The van der Waals surface area contributed by atoms with Crippen LogP contribution in [0.3, 0.4) is 0 Å². The van der Waals surface area contributed by atoms with Gasteiger partial charge in [-0.1, -0.05) is 64.1 Å². The molecule has 1 fully saturated rings. The molecule has 0 aromatic heterocycles. The lowest BCUT2D eigenvalue weighted by Gasteiger charge is -2.36. The summed E-state index contributed by atoms with van der Waals surface area (Å²) in [5.74, 6) is -9.39. The SMILES string of the molecule is Cc1ccccc1NC(=O)Nc1ccc(CC(=O)N[C@@H](CC(C)C)C(=O)N[C@@H](CC(=O)O)C(=O)N[C@H](C(=O)N2CCC[C@H]2C(=O)N[C@@H](C)C(=O)N[C@@H](C)C(=O)N[C@@H](CCCCNC(=S)Nc2ccc3c(c2)C(=O)OC32c3ccc(O)cc3Oc3cc(O)ccc32)C(=O)O)C(C)C)cc1. The number of fused-ring (bicyclic) bond motifs is 6. The molecule has 0 aliphatic carbocycles. The lowest BCUT2D eigenvalue weighted by atomic mass is 9.77. The standard InChI is InChI=1S/C69H81N11O17S/c1-35(2)29-51(75-56(83)30-40-17-19-41(20-18-40)73-67(95)78-49-14-9-8-13-37(49)5)61(88)77-52(34-57(84)85)62(89)79-58(36(3)4)64(91)80-28-12-16-53(80)63(90)72-38(6)59(86)71-39(7)60(87)76-50(65(92)93)15-10-11-27-70-68(98)74-42-21-24-46-45(31-42)66(94)97-69(46)47-25-22-43(81)32-54(47)96-55-33-44(82)23-26-48(55)69/h8-9,13-14,17-26,31-33,35-36,38-39,50-53,58,81-82H,10-12,15-16,27-30,34H2,1-7H3,(H,71,86)(H,72,90)(H,75,83)(H,76,87)(H,77,88)(H,79,89)(H,84,85)(H,92,93)(H2,70,74,98)(H2,73,78,95)/t38-,39-,50-,51-,52-,53-,58-/m0/s1. The average Bonchev–Trinajstić information content (AvgIpc) is 1.47. The molecule has 14 N–H and O–H groups in total. The maximum absolute atomic E-state index is 14.3. The van der Waals surface area contributed by atoms with E-state index in [1.165, 1.54) is 43.0 Å². The Morgan fingerprint density at radius 2 is 1.27 bits per heavy atom. The summed E-state index contributed by atoms with van der Waals surface area (Å²) in [6.45, 7) is 11.7. The fourth-order valence-electron chi connectivity index (χ4n) is 11.7. The van der Waals surface area contributed by atoms with Crippen molar-refractivity contribution in [2.45, 2.75) is 148 Å². The van der Waals surface area contributed by atoms with Gasteiger partial charge >= 0.3 is 23.9 Å². The average molecular weight is 1370 g/mol. The number of phenols is 2. The number of aromatic hydroxyl groups is 2. The molecule has 3 aliphatic rings. The summed E-state index contributed by atoms with van der Waals surface area (Å²) in [4.78, 5) is 148. The van der Waals surface area contributed by atoms with Crippen LogP contribution < -0.4 is 57.9 Å². The number of unbranched alkanes of at least 4 members (excludes halogenated alkanes) is 1. The maximum Gasteiger partial charge on any atom is 0.340 e. The van der Waals surface area contributed by atoms with Gasteiger partial charge in [-0.15, -0.1) is 0 Å². The molecule has 5 aromatic rings. The van der Waals surface area contributed by atoms with Crippen LogP contribution in [-0.2, 0) is 59.9 Å². The Hall–Kier alpha value is -10.8. The number of aliphatic carboxylic acids is 2. The number of amides is 9. The zero-order valence-electron chi connectivity index (χ0n) is 55.0. The van der Waals surface area contributed by atoms with Crippen molar-refractivity contribution in [2.24, 2.45) is 11.8 Å². The number of thiocarbonyl (C=S) groups is 1. The number of carbonyl (C=O) groups is 11. The highest BCUT2D eigenvalue weighted by atomic mass is 32.1. The second-order valence-electron chi connectivity index (χ2n) is 25.1. The summed E-state index contributed by atoms with van der Waals surface area (Å²) in [5, 5.41) is 67.3. The molecule has 29 heteroatoms. The van der Waals surface area contributed by atoms with Gasteiger partial charge in [0.2, 0.25) is 41.4 Å². The van der Waals surface area contributed by atoms with Crippen LogP contribution in [-0.4, -0.2) is 151 Å². The number of ether oxygens (including phenoxy) is 2. The number of aryl methyl sites for hydroxylation is 1. The lowest BCUT2D eigenvalue weighted by molar-refractivity contribution is -0.144. The number of phenolic OH excluding ortho intramolecular Hbond substituents is 2. The summed E-state index contributed by atoms with van der Waals surface area (Å²) in [7, 11) is 0. The van der Waals surface area contributed by atoms with Crippen LogP contribution in [0.2, 0.25) is 0 Å². The number of para-hydroxylation sites is 1. The quantitative estimate of drug-likeness (QED) is 0.0166. The number of hydrogen-bond donors (Lipinski definition) is 14. The van der Waals surface area contributed by atoms with E-state index in [0.29, 0.717) is 58.6 Å². The lowest BCUT2D eigenvalue weighted by Crippen LogP contribution is -2.60. The van der Waals surface area contributed by atoms with E-state index in [1.807, 2.05) is 19.1 Å². The zero-order valence-corrected chi connectivity index (χ0v) is 55.9. The number of nitrogens with zero attached hydrogens (tertiary/aromatic N) is 1. The third-order valence-electron chi connectivity index (χ3n) is 16.8. The molecule has 0 radical (unpaired) electrons. The van der Waals surface area contributed by atoms with Crippen LogP contribution >= 0.6 is 12.2 Å². The number of urea groups is 1. The van der Waals surface area contributed by atoms with E-state index in [1.54, 1.807) is 94.4 Å². The topological polar surface area (TPSA) is 411 Å². The number of hydrogen-bond acceptors (Lipinski definition) is 16. The summed E-state index contributed by atoms with van der Waals surface area (Å²) in [6.07, 6.45) is 0.264. The number of benzene rings is 5. The Balaban J connectivity index is 0.773. The van der Waals surface area contributed by atoms with Crippen molar-refractivity contribution in [1.82, 2.24) is 42.1 Å². The van der Waals surface area contributed by atoms with Gasteiger partial charge in [0.25, 0.3) is 0 Å². The van der Waals surface area contributed by atoms with Crippen LogP contribution in [0.1, 0.15) is 125 Å². The molecule has 1 saturated heterocycles. The largest absolute Gasteiger partial charge is 0.508 e. The molecule has 3 heterocycles. The fraction of sp³-hybridized carbons (Fsp3) is 0.391. The molecule has 5 aromatic carbocycles. The molecular formula is C69H81N11O17S. The predicted octanol–water partition coefficient (Wildman–Crippen LogP) is 5.52. The first-order chi connectivity index (χ1) is 46.5. The molecule has 0 bridgehead atoms. The Labute approximate surface area is 570 Å². The van der Waals surface area contributed by atoms with E-state index in [2.05, 4.69) is 53.2 Å². The van der Waals surface area contributed by atoms with Crippen molar-refractivity contribution < 1.29 is 82.6 Å². The summed E-state index contributed by atoms with van der Waals surface area (Å²) >= 11 is 5.51. The molecule has 8 rings (SSSR count). The molecule has 98 heavy (non-hydrogen) atoms. The monoisotopic (exact) mass is 1370 g/mol. The minimum Gasteiger partial charge on any atom is -0.508 e. The second-order valence-corrected chi connectivity index (χ2v) is 25.5. The normalized spacial score (nSPS) is 15.7. The van der Waals surface area contributed by atoms with Gasteiger partial charge in [0.1, 0.15) is 65.3 Å². The number of rotatable bonds is 28. The number of carboxylic acids is 2. The van der Waals surface area contributed by atoms with Gasteiger partial charge in [-0.25, -0.2) is 14.4 Å². The van der Waals surface area contributed by atoms with Crippen molar-refractivity contribution in [3.8, 4) is 23.0 Å². The summed E-state index contributed by atoms with van der Waals surface area (Å²) < 4.78 is 12.1. The number of anilines is 3. The maximum atomic E-state index is 14.3. The first-order valence-corrected chi connectivity index (χ1v) is 32.5. The summed E-state index contributed by atoms with van der Waals surface area (Å²) in [6, 6.07) is 17.9. The third-order valence-corrected chi connectivity index (χ3v) is 17.0. The van der Waals surface area contributed by atoms with Crippen LogP contribution in [0.4, 0.5) is 21.9 Å². The van der Waals surface area contributed by atoms with Crippen LogP contribution in [0, 0.1) is 18.8 Å². The van der Waals surface area contributed by atoms with Gasteiger partial charge in [-0.2, -0.15) is 0 Å². The molecule has 0 unspecified atom stereocenters. The minimum absolute atomic E-state index is 0.00256. The van der Waals surface area contributed by atoms with E-state index >= 15 is 0 Å². The number of likely N-dealkylation sites (tertiary alicyclic amines) is 1. The molecule has 520 valence electrons. The first-order valence-electron chi connectivity index (χ1n) is 32.1. The number of carboxylic acid groups (broad SMARTS) is 2. The van der Waals surface area contributed by atoms with Gasteiger partial charge in [-0.3, -0.25) is 38.4 Å². The predicted molar refractivity (Wildman–Crippen MR) is 362 cm³/mol. The van der Waals surface area contributed by atoms with Crippen LogP contribution in [0.5, 0.6) is 23.0 Å². The van der Waals surface area contributed by atoms with Gasteiger partial charge in [0, 0.05) is 59.0 Å². The van der Waals surface area contributed by atoms with E-state index in [4.69, 9.17) is 21.7 Å². The zero-order chi connectivity index (χ0) is 71.3. The van der Waals surface area contributed by atoms with Gasteiger partial charge < -0.3 is 88.0 Å². The number of carbonyl (C=O) groups excluding carboxylic acids is 9. The number of nitrogens with one attached hydrogen (secondary N) is 10. The summed E-state index contributed by atoms with van der Waals surface area (Å²) in [5.41, 5.74) is 3.16. The van der Waals surface area contributed by atoms with Crippen molar-refractivity contribution in [2.75, 3.05) is 29.0 Å². The van der Waals surface area contributed by atoms with E-state index in [-0.39, 0.29) is 78.4 Å². The Kier molecular flexibility index (Phi) is 24.0. The molecule has 1 spiro atoms. The van der Waals surface area contributed by atoms with E-state index in [9.17, 15) is 73.2 Å². The molecule has 3 aliphatic heterocycles. The Bertz CT molecular complexity index is 3850. The van der Waals surface area contributed by atoms with Gasteiger partial charge in [0.15, 0.2) is 10.7 Å². The minimum atomic E-state index is -1.72. The first kappa shape index (κ1) is 73.0. The second kappa shape index (κ2) is 32.3. The van der Waals surface area contributed by atoms with E-state index < -0.39 is 126 Å². The fourth-order valence-corrected chi connectivity index (χ4v) is 11.9. The van der Waals surface area contributed by atoms with Crippen molar-refractivity contribution in [3.05, 3.63) is 137 Å². The van der Waals surface area contributed by atoms with Gasteiger partial charge in [0.05, 0.1) is 18.4 Å². The number of esters is 1. The van der Waals surface area contributed by atoms with E-state index in [0.717, 1.165) is 5.56 Å². The highest BCUT2D eigenvalue weighted by Crippen LogP contribution is 2.57. The van der Waals surface area contributed by atoms with Crippen molar-refractivity contribution in [3.63, 3.8) is 0 Å². The van der Waals surface area contributed by atoms with Crippen molar-refractivity contribution in [1.29, 1.82) is 0 Å². The smallest absolute Gasteiger partial charge is 0.340 e. The highest BCUT2D eigenvalue weighted by Gasteiger charge is 2.54. The van der Waals surface area contributed by atoms with Crippen molar-refractivity contribution >= 4 is 99.7 Å².